The highest BCUT2D eigenvalue weighted by Crippen LogP contribution is 2.20. The number of carbonyl (C=O) groups is 1. The van der Waals surface area contributed by atoms with Gasteiger partial charge in [0.1, 0.15) is 5.82 Å². The van der Waals surface area contributed by atoms with E-state index in [1.54, 1.807) is 31.2 Å². The average Bonchev–Trinajstić information content (AvgIpc) is 3.29. The molecule has 4 rings (SSSR count). The lowest BCUT2D eigenvalue weighted by atomic mass is 10.1. The third kappa shape index (κ3) is 5.58. The number of benzene rings is 2. The largest absolute Gasteiger partial charge is 0.340 e. The Morgan fingerprint density at radius 2 is 1.97 bits per heavy atom. The number of nitrogens with zero attached hydrogens (tertiary/aromatic N) is 5. The number of hydrogen-bond donors (Lipinski definition) is 0. The van der Waals surface area contributed by atoms with E-state index in [1.165, 1.54) is 12.1 Å². The van der Waals surface area contributed by atoms with Crippen molar-refractivity contribution in [1.29, 1.82) is 0 Å². The van der Waals surface area contributed by atoms with Crippen molar-refractivity contribution in [3.05, 3.63) is 75.4 Å². The molecule has 172 valence electrons. The summed E-state index contributed by atoms with van der Waals surface area (Å²) in [5.74, 6) is 0.459. The molecule has 0 N–H and O–H groups in total. The van der Waals surface area contributed by atoms with Crippen molar-refractivity contribution in [3.8, 4) is 11.4 Å². The minimum Gasteiger partial charge on any atom is -0.340 e. The van der Waals surface area contributed by atoms with Crippen LogP contribution in [0.5, 0.6) is 0 Å². The molecule has 1 aliphatic heterocycles. The van der Waals surface area contributed by atoms with Gasteiger partial charge >= 0.3 is 0 Å². The highest BCUT2D eigenvalue weighted by atomic mass is 19.1. The molecule has 0 unspecified atom stereocenters. The topological polar surface area (TPSA) is 106 Å². The number of aromatic nitrogens is 2. The Balaban J connectivity index is 1.25. The highest BCUT2D eigenvalue weighted by Gasteiger charge is 2.22. The number of aryl methyl sites for hydroxylation is 2. The van der Waals surface area contributed by atoms with Gasteiger partial charge < -0.3 is 9.42 Å². The minimum atomic E-state index is -0.396. The lowest BCUT2D eigenvalue weighted by molar-refractivity contribution is -0.384. The molecule has 0 radical (unpaired) electrons. The molecule has 2 aromatic carbocycles. The number of carbonyl (C=O) groups excluding carboxylic acids is 1. The van der Waals surface area contributed by atoms with Crippen LogP contribution in [-0.2, 0) is 17.8 Å². The molecule has 1 saturated heterocycles. The van der Waals surface area contributed by atoms with Gasteiger partial charge in [0, 0.05) is 63.3 Å². The summed E-state index contributed by atoms with van der Waals surface area (Å²) in [6.07, 6.45) is 0.592. The monoisotopic (exact) mass is 453 g/mol. The summed E-state index contributed by atoms with van der Waals surface area (Å²) < 4.78 is 18.7. The molecule has 1 amide bonds. The Kier molecular flexibility index (Phi) is 6.74. The van der Waals surface area contributed by atoms with Crippen LogP contribution in [-0.4, -0.2) is 56.9 Å². The summed E-state index contributed by atoms with van der Waals surface area (Å²) in [5.41, 5.74) is 2.13. The summed E-state index contributed by atoms with van der Waals surface area (Å²) in [7, 11) is 0. The number of halogens is 1. The maximum absolute atomic E-state index is 13.5. The van der Waals surface area contributed by atoms with Crippen molar-refractivity contribution in [2.75, 3.05) is 26.2 Å². The fourth-order valence-corrected chi connectivity index (χ4v) is 3.81. The Bertz CT molecular complexity index is 1160. The lowest BCUT2D eigenvalue weighted by Crippen LogP contribution is -2.48. The van der Waals surface area contributed by atoms with Gasteiger partial charge in [-0.3, -0.25) is 19.8 Å². The molecule has 1 aromatic heterocycles. The zero-order valence-electron chi connectivity index (χ0n) is 18.2. The molecule has 3 aromatic rings. The molecule has 1 fully saturated rings. The van der Waals surface area contributed by atoms with Gasteiger partial charge in [-0.1, -0.05) is 17.3 Å². The van der Waals surface area contributed by atoms with Crippen molar-refractivity contribution in [1.82, 2.24) is 19.9 Å². The minimum absolute atomic E-state index is 0.0161. The van der Waals surface area contributed by atoms with E-state index in [9.17, 15) is 19.3 Å². The molecule has 1 aliphatic rings. The van der Waals surface area contributed by atoms with E-state index in [2.05, 4.69) is 15.0 Å². The second-order valence-corrected chi connectivity index (χ2v) is 8.06. The molecule has 10 heteroatoms. The van der Waals surface area contributed by atoms with Crippen LogP contribution in [0.2, 0.25) is 0 Å². The highest BCUT2D eigenvalue weighted by molar-refractivity contribution is 5.76. The Morgan fingerprint density at radius 1 is 1.18 bits per heavy atom. The Labute approximate surface area is 190 Å². The molecule has 0 spiro atoms. The zero-order chi connectivity index (χ0) is 23.4. The molecule has 0 atom stereocenters. The number of non-ortho nitro benzene ring substituents is 1. The first-order chi connectivity index (χ1) is 15.9. The van der Waals surface area contributed by atoms with Gasteiger partial charge in [0.05, 0.1) is 4.92 Å². The number of nitro groups is 1. The molecule has 33 heavy (non-hydrogen) atoms. The number of piperazine rings is 1. The normalized spacial score (nSPS) is 14.4. The van der Waals surface area contributed by atoms with Crippen LogP contribution >= 0.6 is 0 Å². The molecular formula is C23H24FN5O4. The van der Waals surface area contributed by atoms with Crippen LogP contribution in [0.4, 0.5) is 10.1 Å². The third-order valence-electron chi connectivity index (χ3n) is 5.69. The molecule has 0 bridgehead atoms. The van der Waals surface area contributed by atoms with Crippen LogP contribution in [0.3, 0.4) is 0 Å². The van der Waals surface area contributed by atoms with Crippen LogP contribution in [0.25, 0.3) is 11.4 Å². The number of rotatable bonds is 7. The van der Waals surface area contributed by atoms with Crippen molar-refractivity contribution in [2.24, 2.45) is 0 Å². The predicted octanol–water partition coefficient (Wildman–Crippen LogP) is 3.37. The SMILES string of the molecule is Cc1cc(-c2noc(CCC(=O)N3CCN(Cc4cccc([N+](=O)[O-])c4)CC3)n2)ccc1F. The van der Waals surface area contributed by atoms with Gasteiger partial charge in [-0.2, -0.15) is 4.98 Å². The number of hydrogen-bond acceptors (Lipinski definition) is 7. The lowest BCUT2D eigenvalue weighted by Gasteiger charge is -2.34. The average molecular weight is 453 g/mol. The van der Waals surface area contributed by atoms with E-state index >= 15 is 0 Å². The quantitative estimate of drug-likeness (QED) is 0.399. The molecule has 0 aliphatic carbocycles. The molecule has 0 saturated carbocycles. The first-order valence-corrected chi connectivity index (χ1v) is 10.7. The zero-order valence-corrected chi connectivity index (χ0v) is 18.2. The van der Waals surface area contributed by atoms with E-state index in [0.29, 0.717) is 62.0 Å². The van der Waals surface area contributed by atoms with E-state index < -0.39 is 4.92 Å². The van der Waals surface area contributed by atoms with E-state index in [1.807, 2.05) is 11.0 Å². The van der Waals surface area contributed by atoms with Crippen molar-refractivity contribution < 1.29 is 18.6 Å². The predicted molar refractivity (Wildman–Crippen MR) is 118 cm³/mol. The smallest absolute Gasteiger partial charge is 0.269 e. The first-order valence-electron chi connectivity index (χ1n) is 10.7. The van der Waals surface area contributed by atoms with Gasteiger partial charge in [0.25, 0.3) is 5.69 Å². The van der Waals surface area contributed by atoms with E-state index in [-0.39, 0.29) is 23.8 Å². The fourth-order valence-electron chi connectivity index (χ4n) is 3.81. The Morgan fingerprint density at radius 3 is 2.70 bits per heavy atom. The third-order valence-corrected chi connectivity index (χ3v) is 5.69. The molecule has 9 nitrogen and oxygen atoms in total. The number of nitro benzene ring substituents is 1. The standard InChI is InChI=1S/C23H24FN5O4/c1-16-13-18(5-6-20(16)24)23-25-21(33-26-23)7-8-22(30)28-11-9-27(10-12-28)15-17-3-2-4-19(14-17)29(31)32/h2-6,13-14H,7-12,15H2,1H3. The summed E-state index contributed by atoms with van der Waals surface area (Å²) >= 11 is 0. The van der Waals surface area contributed by atoms with E-state index in [0.717, 1.165) is 5.56 Å². The number of amides is 1. The molecular weight excluding hydrogens is 429 g/mol. The van der Waals surface area contributed by atoms with Gasteiger partial charge in [-0.25, -0.2) is 4.39 Å². The summed E-state index contributed by atoms with van der Waals surface area (Å²) in [5, 5.41) is 14.9. The molecule has 2 heterocycles. The second-order valence-electron chi connectivity index (χ2n) is 8.06. The fraction of sp³-hybridized carbons (Fsp3) is 0.348. The summed E-state index contributed by atoms with van der Waals surface area (Å²) in [6, 6.07) is 11.2. The Hall–Kier alpha value is -3.66. The van der Waals surface area contributed by atoms with Crippen molar-refractivity contribution >= 4 is 11.6 Å². The maximum Gasteiger partial charge on any atom is 0.269 e. The van der Waals surface area contributed by atoms with Crippen molar-refractivity contribution in [2.45, 2.75) is 26.3 Å². The summed E-state index contributed by atoms with van der Waals surface area (Å²) in [4.78, 5) is 31.5. The van der Waals surface area contributed by atoms with Crippen LogP contribution < -0.4 is 0 Å². The van der Waals surface area contributed by atoms with Crippen LogP contribution in [0, 0.1) is 22.9 Å². The van der Waals surface area contributed by atoms with Gasteiger partial charge in [-0.15, -0.1) is 0 Å². The van der Waals surface area contributed by atoms with Gasteiger partial charge in [0.15, 0.2) is 0 Å². The maximum atomic E-state index is 13.5. The first kappa shape index (κ1) is 22.5. The van der Waals surface area contributed by atoms with Crippen LogP contribution in [0.15, 0.2) is 47.0 Å². The van der Waals surface area contributed by atoms with Gasteiger partial charge in [0.2, 0.25) is 17.6 Å². The van der Waals surface area contributed by atoms with Gasteiger partial charge in [-0.05, 0) is 36.2 Å². The second kappa shape index (κ2) is 9.86. The summed E-state index contributed by atoms with van der Waals surface area (Å²) in [6.45, 7) is 4.86. The van der Waals surface area contributed by atoms with Crippen LogP contribution in [0.1, 0.15) is 23.4 Å². The van der Waals surface area contributed by atoms with Crippen molar-refractivity contribution in [3.63, 3.8) is 0 Å². The van der Waals surface area contributed by atoms with E-state index in [4.69, 9.17) is 4.52 Å².